The maximum Gasteiger partial charge on any atom is 0.311 e. The van der Waals surface area contributed by atoms with E-state index < -0.39 is 0 Å². The molecule has 0 saturated carbocycles. The molecule has 26 heavy (non-hydrogen) atoms. The summed E-state index contributed by atoms with van der Waals surface area (Å²) in [7, 11) is 0. The Morgan fingerprint density at radius 1 is 1.19 bits per heavy atom. The Balaban J connectivity index is 1.87. The van der Waals surface area contributed by atoms with Crippen molar-refractivity contribution in [2.45, 2.75) is 46.5 Å². The minimum atomic E-state index is -0.246. The fourth-order valence-corrected chi connectivity index (χ4v) is 3.32. The summed E-state index contributed by atoms with van der Waals surface area (Å²) in [6.07, 6.45) is 0.880. The molecule has 5 heteroatoms. The molecule has 3 nitrogen and oxygen atoms in total. The standard InChI is InChI=1S/C21H24BrClO3/c1-13(2)16-8-5-6-9-17(16)26-19(24)10-7-11-25-18-12-14(3)21(23)15(4)20(18)22/h5-6,8-9,12-13H,7,10-11H2,1-4H3. The number of aryl methyl sites for hydroxylation is 1. The molecular weight excluding hydrogens is 416 g/mol. The molecular formula is C21H24BrClO3. The second kappa shape index (κ2) is 9.43. The van der Waals surface area contributed by atoms with Crippen LogP contribution in [0.1, 0.15) is 49.3 Å². The zero-order valence-electron chi connectivity index (χ0n) is 15.6. The Morgan fingerprint density at radius 2 is 1.88 bits per heavy atom. The quantitative estimate of drug-likeness (QED) is 0.277. The van der Waals surface area contributed by atoms with Crippen molar-refractivity contribution in [2.75, 3.05) is 6.61 Å². The van der Waals surface area contributed by atoms with E-state index in [1.54, 1.807) is 0 Å². The van der Waals surface area contributed by atoms with Gasteiger partial charge in [0.1, 0.15) is 11.5 Å². The molecule has 0 fully saturated rings. The van der Waals surface area contributed by atoms with Gasteiger partial charge in [0, 0.05) is 11.4 Å². The number of rotatable bonds is 7. The van der Waals surface area contributed by atoms with Gasteiger partial charge in [0.2, 0.25) is 0 Å². The van der Waals surface area contributed by atoms with E-state index in [0.717, 1.165) is 31.9 Å². The fourth-order valence-electron chi connectivity index (χ4n) is 2.63. The number of carbonyl (C=O) groups is 1. The summed E-state index contributed by atoms with van der Waals surface area (Å²) in [6.45, 7) is 8.47. The van der Waals surface area contributed by atoms with Crippen LogP contribution in [0.25, 0.3) is 0 Å². The van der Waals surface area contributed by atoms with Crippen LogP contribution in [0.15, 0.2) is 34.8 Å². The van der Waals surface area contributed by atoms with Gasteiger partial charge in [-0.25, -0.2) is 0 Å². The number of carbonyl (C=O) groups excluding carboxylic acids is 1. The zero-order valence-corrected chi connectivity index (χ0v) is 17.9. The van der Waals surface area contributed by atoms with Crippen molar-refractivity contribution in [3.63, 3.8) is 0 Å². The number of halogens is 2. The highest BCUT2D eigenvalue weighted by Crippen LogP contribution is 2.35. The lowest BCUT2D eigenvalue weighted by Crippen LogP contribution is -2.11. The van der Waals surface area contributed by atoms with Crippen LogP contribution in [0, 0.1) is 13.8 Å². The third kappa shape index (κ3) is 5.24. The van der Waals surface area contributed by atoms with Crippen molar-refractivity contribution in [3.05, 3.63) is 56.5 Å². The number of hydrogen-bond donors (Lipinski definition) is 0. The third-order valence-electron chi connectivity index (χ3n) is 4.12. The molecule has 0 bridgehead atoms. The molecule has 0 atom stereocenters. The van der Waals surface area contributed by atoms with E-state index >= 15 is 0 Å². The van der Waals surface area contributed by atoms with Crippen LogP contribution in [0.2, 0.25) is 5.02 Å². The largest absolute Gasteiger partial charge is 0.492 e. The minimum Gasteiger partial charge on any atom is -0.492 e. The van der Waals surface area contributed by atoms with Gasteiger partial charge in [-0.15, -0.1) is 0 Å². The Kier molecular flexibility index (Phi) is 7.54. The van der Waals surface area contributed by atoms with Crippen LogP contribution in [0.3, 0.4) is 0 Å². The lowest BCUT2D eigenvalue weighted by molar-refractivity contribution is -0.134. The van der Waals surface area contributed by atoms with Gasteiger partial charge >= 0.3 is 5.97 Å². The van der Waals surface area contributed by atoms with Gasteiger partial charge in [-0.3, -0.25) is 4.79 Å². The molecule has 0 aliphatic rings. The maximum atomic E-state index is 12.1. The molecule has 0 N–H and O–H groups in total. The van der Waals surface area contributed by atoms with E-state index in [1.165, 1.54) is 0 Å². The minimum absolute atomic E-state index is 0.246. The average molecular weight is 440 g/mol. The number of hydrogen-bond acceptors (Lipinski definition) is 3. The highest BCUT2D eigenvalue weighted by molar-refractivity contribution is 9.10. The van der Waals surface area contributed by atoms with Crippen molar-refractivity contribution >= 4 is 33.5 Å². The van der Waals surface area contributed by atoms with Crippen molar-refractivity contribution in [2.24, 2.45) is 0 Å². The first-order valence-electron chi connectivity index (χ1n) is 8.68. The van der Waals surface area contributed by atoms with Gasteiger partial charge < -0.3 is 9.47 Å². The Morgan fingerprint density at radius 3 is 2.58 bits per heavy atom. The lowest BCUT2D eigenvalue weighted by atomic mass is 10.0. The van der Waals surface area contributed by atoms with E-state index in [9.17, 15) is 4.79 Å². The van der Waals surface area contributed by atoms with Crippen molar-refractivity contribution in [1.82, 2.24) is 0 Å². The van der Waals surface area contributed by atoms with E-state index in [0.29, 0.717) is 31.1 Å². The topological polar surface area (TPSA) is 35.5 Å². The monoisotopic (exact) mass is 438 g/mol. The number of benzene rings is 2. The average Bonchev–Trinajstić information content (AvgIpc) is 2.61. The van der Waals surface area contributed by atoms with E-state index in [-0.39, 0.29) is 5.97 Å². The van der Waals surface area contributed by atoms with Gasteiger partial charge in [-0.2, -0.15) is 0 Å². The second-order valence-electron chi connectivity index (χ2n) is 6.56. The summed E-state index contributed by atoms with van der Waals surface area (Å²) >= 11 is 9.73. The van der Waals surface area contributed by atoms with Gasteiger partial charge in [0.05, 0.1) is 11.1 Å². The predicted molar refractivity (Wildman–Crippen MR) is 110 cm³/mol. The first-order chi connectivity index (χ1) is 12.3. The van der Waals surface area contributed by atoms with Crippen LogP contribution < -0.4 is 9.47 Å². The number of esters is 1. The molecule has 2 aromatic carbocycles. The number of ether oxygens (including phenoxy) is 2. The smallest absolute Gasteiger partial charge is 0.311 e. The van der Waals surface area contributed by atoms with Gasteiger partial charge in [-0.05, 0) is 70.9 Å². The van der Waals surface area contributed by atoms with Crippen LogP contribution in [0.4, 0.5) is 0 Å². The third-order valence-corrected chi connectivity index (χ3v) is 5.68. The zero-order chi connectivity index (χ0) is 19.3. The van der Waals surface area contributed by atoms with Crippen molar-refractivity contribution in [1.29, 1.82) is 0 Å². The second-order valence-corrected chi connectivity index (χ2v) is 7.73. The summed E-state index contributed by atoms with van der Waals surface area (Å²) in [6, 6.07) is 9.55. The van der Waals surface area contributed by atoms with Crippen LogP contribution in [0.5, 0.6) is 11.5 Å². The van der Waals surface area contributed by atoms with Crippen LogP contribution in [-0.4, -0.2) is 12.6 Å². The van der Waals surface area contributed by atoms with E-state index in [2.05, 4.69) is 29.8 Å². The molecule has 140 valence electrons. The normalized spacial score (nSPS) is 10.9. The Hall–Kier alpha value is -1.52. The van der Waals surface area contributed by atoms with Crippen LogP contribution in [-0.2, 0) is 4.79 Å². The van der Waals surface area contributed by atoms with E-state index in [4.69, 9.17) is 21.1 Å². The molecule has 2 aromatic rings. The number of para-hydroxylation sites is 1. The first-order valence-corrected chi connectivity index (χ1v) is 9.86. The lowest BCUT2D eigenvalue weighted by Gasteiger charge is -2.14. The first kappa shape index (κ1) is 20.8. The van der Waals surface area contributed by atoms with Gasteiger partial charge in [-0.1, -0.05) is 43.6 Å². The predicted octanol–water partition coefficient (Wildman–Crippen LogP) is 6.61. The van der Waals surface area contributed by atoms with Crippen molar-refractivity contribution in [3.8, 4) is 11.5 Å². The summed E-state index contributed by atoms with van der Waals surface area (Å²) < 4.78 is 12.2. The molecule has 2 rings (SSSR count). The summed E-state index contributed by atoms with van der Waals surface area (Å²) in [5.41, 5.74) is 2.95. The molecule has 0 aliphatic heterocycles. The fraction of sp³-hybridized carbons (Fsp3) is 0.381. The molecule has 0 spiro atoms. The molecule has 0 unspecified atom stereocenters. The van der Waals surface area contributed by atoms with E-state index in [1.807, 2.05) is 44.2 Å². The molecule has 0 saturated heterocycles. The molecule has 0 aromatic heterocycles. The molecule has 0 heterocycles. The summed E-state index contributed by atoms with van der Waals surface area (Å²) in [5, 5.41) is 0.733. The van der Waals surface area contributed by atoms with Gasteiger partial charge in [0.15, 0.2) is 0 Å². The highest BCUT2D eigenvalue weighted by atomic mass is 79.9. The summed E-state index contributed by atoms with van der Waals surface area (Å²) in [4.78, 5) is 12.1. The summed E-state index contributed by atoms with van der Waals surface area (Å²) in [5.74, 6) is 1.43. The maximum absolute atomic E-state index is 12.1. The molecule has 0 amide bonds. The highest BCUT2D eigenvalue weighted by Gasteiger charge is 2.13. The van der Waals surface area contributed by atoms with Crippen LogP contribution >= 0.6 is 27.5 Å². The Labute approximate surface area is 168 Å². The van der Waals surface area contributed by atoms with Gasteiger partial charge in [0.25, 0.3) is 0 Å². The SMILES string of the molecule is Cc1cc(OCCCC(=O)Oc2ccccc2C(C)C)c(Br)c(C)c1Cl. The Bertz CT molecular complexity index is 787. The molecule has 0 radical (unpaired) electrons. The van der Waals surface area contributed by atoms with Crippen molar-refractivity contribution < 1.29 is 14.3 Å². The molecule has 0 aliphatic carbocycles.